The van der Waals surface area contributed by atoms with Crippen molar-refractivity contribution in [2.45, 2.75) is 38.3 Å². The van der Waals surface area contributed by atoms with Crippen LogP contribution in [0.1, 0.15) is 37.8 Å². The molecule has 3 atom stereocenters. The Morgan fingerprint density at radius 2 is 1.96 bits per heavy atom. The van der Waals surface area contributed by atoms with Crippen LogP contribution in [0, 0.1) is 11.7 Å². The lowest BCUT2D eigenvalue weighted by Crippen LogP contribution is -2.47. The van der Waals surface area contributed by atoms with E-state index in [0.717, 1.165) is 36.0 Å². The molecule has 1 aromatic rings. The third-order valence-electron chi connectivity index (χ3n) is 5.31. The zero-order valence-electron chi connectivity index (χ0n) is 15.3. The van der Waals surface area contributed by atoms with E-state index >= 15 is 0 Å². The van der Waals surface area contributed by atoms with Crippen molar-refractivity contribution in [1.82, 2.24) is 4.90 Å². The molecular weight excluding hydrogens is 329 g/mol. The number of allylic oxidation sites excluding steroid dienone is 1. The van der Waals surface area contributed by atoms with Gasteiger partial charge in [0.2, 0.25) is 0 Å². The summed E-state index contributed by atoms with van der Waals surface area (Å²) in [6.07, 6.45) is 5.69. The van der Waals surface area contributed by atoms with Crippen molar-refractivity contribution >= 4 is 5.91 Å². The maximum Gasteiger partial charge on any atom is 0.252 e. The van der Waals surface area contributed by atoms with Crippen molar-refractivity contribution in [2.75, 3.05) is 13.2 Å². The summed E-state index contributed by atoms with van der Waals surface area (Å²) in [5, 5.41) is 0. The first-order chi connectivity index (χ1) is 12.5. The Morgan fingerprint density at radius 1 is 1.23 bits per heavy atom. The molecule has 3 nitrogen and oxygen atoms in total. The van der Waals surface area contributed by atoms with E-state index in [2.05, 4.69) is 20.1 Å². The topological polar surface area (TPSA) is 29.5 Å². The molecule has 2 aliphatic rings. The number of benzene rings is 1. The van der Waals surface area contributed by atoms with Gasteiger partial charge in [-0.2, -0.15) is 0 Å². The minimum atomic E-state index is -0.398. The van der Waals surface area contributed by atoms with Gasteiger partial charge in [-0.15, -0.1) is 0 Å². The molecule has 138 valence electrons. The summed E-state index contributed by atoms with van der Waals surface area (Å²) in [4.78, 5) is 15.1. The lowest BCUT2D eigenvalue weighted by atomic mass is 9.87. The lowest BCUT2D eigenvalue weighted by molar-refractivity contribution is -0.150. The summed E-state index contributed by atoms with van der Waals surface area (Å²) >= 11 is 0. The zero-order chi connectivity index (χ0) is 18.7. The minimum Gasteiger partial charge on any atom is -0.368 e. The number of nitrogens with zero attached hydrogens (tertiary/aromatic N) is 1. The van der Waals surface area contributed by atoms with Crippen LogP contribution in [-0.2, 0) is 9.53 Å². The highest BCUT2D eigenvalue weighted by molar-refractivity contribution is 5.82. The maximum absolute atomic E-state index is 13.4. The maximum atomic E-state index is 13.4. The second kappa shape index (κ2) is 8.00. The number of carbonyl (C=O) groups excluding carboxylic acids is 1. The van der Waals surface area contributed by atoms with Gasteiger partial charge in [-0.3, -0.25) is 4.79 Å². The normalized spacial score (nSPS) is 26.5. The van der Waals surface area contributed by atoms with Crippen LogP contribution >= 0.6 is 0 Å². The second-order valence-electron chi connectivity index (χ2n) is 7.13. The van der Waals surface area contributed by atoms with E-state index in [4.69, 9.17) is 4.74 Å². The molecule has 2 heterocycles. The molecule has 0 unspecified atom stereocenters. The Hall–Kier alpha value is -2.20. The van der Waals surface area contributed by atoms with Crippen LogP contribution in [0.4, 0.5) is 4.39 Å². The van der Waals surface area contributed by atoms with Crippen molar-refractivity contribution in [1.29, 1.82) is 0 Å². The minimum absolute atomic E-state index is 0.00804. The highest BCUT2D eigenvalue weighted by atomic mass is 19.1. The predicted molar refractivity (Wildman–Crippen MR) is 101 cm³/mol. The Bertz CT molecular complexity index is 714. The number of ether oxygens (including phenoxy) is 1. The van der Waals surface area contributed by atoms with Crippen molar-refractivity contribution in [3.8, 4) is 0 Å². The summed E-state index contributed by atoms with van der Waals surface area (Å²) in [6, 6.07) is 6.05. The molecule has 2 aliphatic heterocycles. The Labute approximate surface area is 154 Å². The van der Waals surface area contributed by atoms with Crippen LogP contribution in [-0.4, -0.2) is 30.1 Å². The average Bonchev–Trinajstić information content (AvgIpc) is 2.67. The van der Waals surface area contributed by atoms with Gasteiger partial charge in [0.05, 0.1) is 12.6 Å². The molecule has 4 heteroatoms. The van der Waals surface area contributed by atoms with E-state index in [9.17, 15) is 9.18 Å². The molecule has 1 aromatic carbocycles. The highest BCUT2D eigenvalue weighted by Gasteiger charge is 2.36. The fourth-order valence-corrected chi connectivity index (χ4v) is 3.83. The largest absolute Gasteiger partial charge is 0.368 e. The van der Waals surface area contributed by atoms with Gasteiger partial charge >= 0.3 is 0 Å². The first-order valence-electron chi connectivity index (χ1n) is 9.20. The quantitative estimate of drug-likeness (QED) is 0.791. The van der Waals surface area contributed by atoms with Crippen LogP contribution in [0.3, 0.4) is 0 Å². The molecule has 3 rings (SSSR count). The molecule has 0 aromatic heterocycles. The van der Waals surface area contributed by atoms with Gasteiger partial charge in [-0.05, 0) is 54.0 Å². The van der Waals surface area contributed by atoms with E-state index in [1.165, 1.54) is 12.1 Å². The van der Waals surface area contributed by atoms with Gasteiger partial charge < -0.3 is 9.64 Å². The second-order valence-corrected chi connectivity index (χ2v) is 7.13. The number of hydrogen-bond acceptors (Lipinski definition) is 2. The highest BCUT2D eigenvalue weighted by Crippen LogP contribution is 2.38. The molecule has 1 fully saturated rings. The zero-order valence-corrected chi connectivity index (χ0v) is 15.3. The van der Waals surface area contributed by atoms with Crippen molar-refractivity contribution in [2.24, 2.45) is 5.92 Å². The lowest BCUT2D eigenvalue weighted by Gasteiger charge is -2.40. The molecule has 1 saturated heterocycles. The number of carbonyl (C=O) groups is 1. The standard InChI is InChI=1S/C22H26FNO2/c1-4-16-12-13-24(22(25)20-11-6-15(3)14-26-20)21(19(16)5-2)17-7-9-18(23)10-8-17/h4-5,7-10,15,20-21H,1-2,6,11-14H2,3H3/t15-,20-,21+/m1/s1. The van der Waals surface area contributed by atoms with Crippen molar-refractivity contribution < 1.29 is 13.9 Å². The van der Waals surface area contributed by atoms with E-state index in [-0.39, 0.29) is 17.8 Å². The average molecular weight is 355 g/mol. The summed E-state index contributed by atoms with van der Waals surface area (Å²) in [5.41, 5.74) is 2.91. The van der Waals surface area contributed by atoms with Gasteiger partial charge in [0, 0.05) is 6.54 Å². The summed E-state index contributed by atoms with van der Waals surface area (Å²) in [5.74, 6) is 0.207. The molecule has 0 spiro atoms. The summed E-state index contributed by atoms with van der Waals surface area (Å²) < 4.78 is 19.2. The molecule has 0 bridgehead atoms. The summed E-state index contributed by atoms with van der Waals surface area (Å²) in [6.45, 7) is 11.2. The molecule has 0 aliphatic carbocycles. The van der Waals surface area contributed by atoms with Crippen molar-refractivity contribution in [3.05, 3.63) is 72.1 Å². The number of hydrogen-bond donors (Lipinski definition) is 0. The first-order valence-corrected chi connectivity index (χ1v) is 9.20. The van der Waals surface area contributed by atoms with Crippen LogP contribution in [0.2, 0.25) is 0 Å². The van der Waals surface area contributed by atoms with Crippen LogP contribution < -0.4 is 0 Å². The third kappa shape index (κ3) is 3.65. The van der Waals surface area contributed by atoms with Gasteiger partial charge in [0.25, 0.3) is 5.91 Å². The molecule has 0 saturated carbocycles. The monoisotopic (exact) mass is 355 g/mol. The number of rotatable bonds is 4. The first kappa shape index (κ1) is 18.6. The molecule has 26 heavy (non-hydrogen) atoms. The van der Waals surface area contributed by atoms with Crippen LogP contribution in [0.25, 0.3) is 0 Å². The van der Waals surface area contributed by atoms with Gasteiger partial charge in [0.1, 0.15) is 11.9 Å². The summed E-state index contributed by atoms with van der Waals surface area (Å²) in [7, 11) is 0. The Balaban J connectivity index is 1.96. The van der Waals surface area contributed by atoms with E-state index in [0.29, 0.717) is 19.1 Å². The number of amides is 1. The Kier molecular flexibility index (Phi) is 5.72. The smallest absolute Gasteiger partial charge is 0.252 e. The molecule has 0 radical (unpaired) electrons. The predicted octanol–water partition coefficient (Wildman–Crippen LogP) is 4.58. The van der Waals surface area contributed by atoms with E-state index in [1.807, 2.05) is 11.0 Å². The van der Waals surface area contributed by atoms with E-state index < -0.39 is 6.10 Å². The third-order valence-corrected chi connectivity index (χ3v) is 5.31. The van der Waals surface area contributed by atoms with Crippen LogP contribution in [0.15, 0.2) is 60.7 Å². The Morgan fingerprint density at radius 3 is 2.54 bits per heavy atom. The van der Waals surface area contributed by atoms with Crippen LogP contribution in [0.5, 0.6) is 0 Å². The SMILES string of the molecule is C=CC1=C(C=C)[C@H](c2ccc(F)cc2)N(C(=O)[C@H]2CC[C@@H](C)CO2)CC1. The molecule has 0 N–H and O–H groups in total. The van der Waals surface area contributed by atoms with Gasteiger partial charge in [0.15, 0.2) is 0 Å². The van der Waals surface area contributed by atoms with Gasteiger partial charge in [-0.1, -0.05) is 44.4 Å². The van der Waals surface area contributed by atoms with Gasteiger partial charge in [-0.25, -0.2) is 4.39 Å². The fraction of sp³-hybridized carbons (Fsp3) is 0.409. The molecular formula is C22H26FNO2. The van der Waals surface area contributed by atoms with Crippen molar-refractivity contribution in [3.63, 3.8) is 0 Å². The van der Waals surface area contributed by atoms with E-state index in [1.54, 1.807) is 18.2 Å². The number of halogens is 1. The molecule has 1 amide bonds. The fourth-order valence-electron chi connectivity index (χ4n) is 3.83.